The number of nitrogens with one attached hydrogen (secondary N) is 3. The Balaban J connectivity index is 2.57. The van der Waals surface area contributed by atoms with Crippen molar-refractivity contribution in [3.63, 3.8) is 0 Å². The third-order valence-electron chi connectivity index (χ3n) is 3.57. The lowest BCUT2D eigenvalue weighted by Gasteiger charge is -2.18. The summed E-state index contributed by atoms with van der Waals surface area (Å²) in [6, 6.07) is 4.17. The van der Waals surface area contributed by atoms with Crippen molar-refractivity contribution in [1.29, 1.82) is 0 Å². The van der Waals surface area contributed by atoms with Crippen LogP contribution in [0.1, 0.15) is 38.3 Å². The van der Waals surface area contributed by atoms with E-state index in [1.54, 1.807) is 31.2 Å². The molecule has 0 bridgehead atoms. The second kappa shape index (κ2) is 11.0. The van der Waals surface area contributed by atoms with Gasteiger partial charge in [0.15, 0.2) is 6.61 Å². The van der Waals surface area contributed by atoms with Crippen LogP contribution in [0, 0.1) is 0 Å². The first-order valence-electron chi connectivity index (χ1n) is 8.29. The topological polar surface area (TPSA) is 140 Å². The molecule has 0 saturated carbocycles. The Morgan fingerprint density at radius 1 is 1.19 bits per heavy atom. The molecule has 9 nitrogen and oxygen atoms in total. The van der Waals surface area contributed by atoms with Crippen LogP contribution in [0.15, 0.2) is 24.3 Å². The Morgan fingerprint density at radius 3 is 2.44 bits per heavy atom. The number of ether oxygens (including phenoxy) is 1. The van der Waals surface area contributed by atoms with E-state index in [4.69, 9.17) is 22.1 Å². The van der Waals surface area contributed by atoms with Crippen LogP contribution in [0.2, 0.25) is 5.02 Å². The van der Waals surface area contributed by atoms with E-state index in [2.05, 4.69) is 10.6 Å². The summed E-state index contributed by atoms with van der Waals surface area (Å²) in [5.74, 6) is -1.55. The van der Waals surface area contributed by atoms with Gasteiger partial charge in [0.2, 0.25) is 0 Å². The first kappa shape index (κ1) is 22.2. The van der Waals surface area contributed by atoms with E-state index in [1.165, 1.54) is 0 Å². The summed E-state index contributed by atoms with van der Waals surface area (Å²) in [7, 11) is 0. The highest BCUT2D eigenvalue weighted by Gasteiger charge is 2.21. The minimum atomic E-state index is -0.841. The fourth-order valence-electron chi connectivity index (χ4n) is 2.06. The van der Waals surface area contributed by atoms with Crippen molar-refractivity contribution in [2.45, 2.75) is 38.8 Å². The molecule has 1 rings (SSSR count). The van der Waals surface area contributed by atoms with Crippen molar-refractivity contribution in [1.82, 2.24) is 16.0 Å². The van der Waals surface area contributed by atoms with Crippen LogP contribution in [-0.4, -0.2) is 36.6 Å². The lowest BCUT2D eigenvalue weighted by atomic mass is 10.0. The van der Waals surface area contributed by atoms with Crippen molar-refractivity contribution in [3.8, 4) is 0 Å². The van der Waals surface area contributed by atoms with Crippen LogP contribution < -0.4 is 21.7 Å². The molecule has 148 valence electrons. The van der Waals surface area contributed by atoms with Crippen molar-refractivity contribution in [2.24, 2.45) is 5.73 Å². The number of esters is 1. The van der Waals surface area contributed by atoms with Gasteiger partial charge in [-0.1, -0.05) is 36.7 Å². The second-order valence-electron chi connectivity index (χ2n) is 5.78. The molecule has 5 N–H and O–H groups in total. The zero-order valence-corrected chi connectivity index (χ0v) is 15.8. The lowest BCUT2D eigenvalue weighted by Crippen LogP contribution is -2.44. The molecule has 0 aliphatic carbocycles. The van der Waals surface area contributed by atoms with E-state index in [-0.39, 0.29) is 12.5 Å². The average Bonchev–Trinajstić information content (AvgIpc) is 2.59. The monoisotopic (exact) mass is 398 g/mol. The lowest BCUT2D eigenvalue weighted by molar-refractivity contribution is -0.148. The van der Waals surface area contributed by atoms with E-state index in [1.807, 2.05) is 12.2 Å². The van der Waals surface area contributed by atoms with E-state index >= 15 is 0 Å². The average molecular weight is 399 g/mol. The number of carbonyl (C=O) groups excluding carboxylic acids is 4. The molecule has 1 aromatic rings. The molecule has 10 heteroatoms. The molecule has 0 aliphatic rings. The number of amides is 5. The molecule has 0 spiro atoms. The van der Waals surface area contributed by atoms with Gasteiger partial charge in [-0.05, 0) is 25.0 Å². The van der Waals surface area contributed by atoms with Gasteiger partial charge in [0.05, 0.1) is 12.5 Å². The molecule has 0 saturated heterocycles. The number of hydrogen-bond acceptors (Lipinski definition) is 5. The SMILES string of the molecule is CC[C@@H](C)NC(=O)NC(=O)COC(=O)C[C@@H](NC(N)=O)c1ccccc1Cl. The number of nitrogens with two attached hydrogens (primary N) is 1. The molecule has 27 heavy (non-hydrogen) atoms. The maximum atomic E-state index is 12.0. The first-order valence-corrected chi connectivity index (χ1v) is 8.67. The maximum absolute atomic E-state index is 12.0. The highest BCUT2D eigenvalue weighted by atomic mass is 35.5. The van der Waals surface area contributed by atoms with Crippen molar-refractivity contribution in [2.75, 3.05) is 6.61 Å². The van der Waals surface area contributed by atoms with E-state index < -0.39 is 36.6 Å². The van der Waals surface area contributed by atoms with Crippen LogP contribution in [0.25, 0.3) is 0 Å². The number of urea groups is 2. The molecule has 0 aromatic heterocycles. The standard InChI is InChI=1S/C17H23ClN4O5/c1-3-10(2)20-17(26)22-14(23)9-27-15(24)8-13(21-16(19)25)11-6-4-5-7-12(11)18/h4-7,10,13H,3,8-9H2,1-2H3,(H3,19,21,25)(H2,20,22,23,26)/t10-,13-/m1/s1. The minimum Gasteiger partial charge on any atom is -0.455 e. The van der Waals surface area contributed by atoms with Crippen molar-refractivity contribution < 1.29 is 23.9 Å². The van der Waals surface area contributed by atoms with Crippen molar-refractivity contribution >= 4 is 35.5 Å². The quantitative estimate of drug-likeness (QED) is 0.492. The van der Waals surface area contributed by atoms with Gasteiger partial charge in [0, 0.05) is 11.1 Å². The third-order valence-corrected chi connectivity index (χ3v) is 3.92. The van der Waals surface area contributed by atoms with Gasteiger partial charge in [0.25, 0.3) is 5.91 Å². The fraction of sp³-hybridized carbons (Fsp3) is 0.412. The normalized spacial score (nSPS) is 12.4. The Kier molecular flexibility index (Phi) is 9.07. The van der Waals surface area contributed by atoms with Crippen molar-refractivity contribution in [3.05, 3.63) is 34.9 Å². The first-order chi connectivity index (χ1) is 12.7. The predicted molar refractivity (Wildman–Crippen MR) is 98.9 cm³/mol. The number of hydrogen-bond donors (Lipinski definition) is 4. The number of primary amides is 1. The van der Waals surface area contributed by atoms with Gasteiger partial charge in [-0.3, -0.25) is 14.9 Å². The van der Waals surface area contributed by atoms with Crippen LogP contribution in [0.5, 0.6) is 0 Å². The van der Waals surface area contributed by atoms with Crippen LogP contribution in [-0.2, 0) is 14.3 Å². The van der Waals surface area contributed by atoms with Gasteiger partial charge in [-0.2, -0.15) is 0 Å². The van der Waals surface area contributed by atoms with Gasteiger partial charge in [-0.25, -0.2) is 9.59 Å². The number of rotatable bonds is 8. The Hall–Kier alpha value is -2.81. The zero-order valence-electron chi connectivity index (χ0n) is 15.1. The Labute approximate surface area is 161 Å². The fourth-order valence-corrected chi connectivity index (χ4v) is 2.33. The summed E-state index contributed by atoms with van der Waals surface area (Å²) in [4.78, 5) is 46.4. The summed E-state index contributed by atoms with van der Waals surface area (Å²) in [5, 5.41) is 7.33. The minimum absolute atomic E-state index is 0.100. The van der Waals surface area contributed by atoms with E-state index in [9.17, 15) is 19.2 Å². The van der Waals surface area contributed by atoms with Gasteiger partial charge >= 0.3 is 18.0 Å². The molecule has 1 aromatic carbocycles. The number of carbonyl (C=O) groups is 4. The molecule has 0 heterocycles. The number of benzene rings is 1. The van der Waals surface area contributed by atoms with Crippen LogP contribution in [0.4, 0.5) is 9.59 Å². The van der Waals surface area contributed by atoms with E-state index in [0.717, 1.165) is 0 Å². The van der Waals surface area contributed by atoms with Gasteiger partial charge in [-0.15, -0.1) is 0 Å². The molecular weight excluding hydrogens is 376 g/mol. The highest BCUT2D eigenvalue weighted by Crippen LogP contribution is 2.25. The Morgan fingerprint density at radius 2 is 1.85 bits per heavy atom. The zero-order chi connectivity index (χ0) is 20.4. The summed E-state index contributed by atoms with van der Waals surface area (Å²) in [6.07, 6.45) is 0.409. The maximum Gasteiger partial charge on any atom is 0.321 e. The molecule has 0 radical (unpaired) electrons. The highest BCUT2D eigenvalue weighted by molar-refractivity contribution is 6.31. The van der Waals surface area contributed by atoms with Gasteiger partial charge in [0.1, 0.15) is 0 Å². The molecule has 0 fully saturated rings. The largest absolute Gasteiger partial charge is 0.455 e. The van der Waals surface area contributed by atoms with E-state index in [0.29, 0.717) is 17.0 Å². The number of imide groups is 1. The molecular formula is C17H23ClN4O5. The second-order valence-corrected chi connectivity index (χ2v) is 6.19. The molecule has 2 atom stereocenters. The molecule has 0 aliphatic heterocycles. The summed E-state index contributed by atoms with van der Waals surface area (Å²) >= 11 is 6.07. The third kappa shape index (κ3) is 8.41. The van der Waals surface area contributed by atoms with Crippen LogP contribution >= 0.6 is 11.6 Å². The number of halogens is 1. The molecule has 0 unspecified atom stereocenters. The van der Waals surface area contributed by atoms with Crippen LogP contribution in [0.3, 0.4) is 0 Å². The molecule has 5 amide bonds. The smallest absolute Gasteiger partial charge is 0.321 e. The summed E-state index contributed by atoms with van der Waals surface area (Å²) in [5.41, 5.74) is 5.61. The van der Waals surface area contributed by atoms with Gasteiger partial charge < -0.3 is 21.1 Å². The Bertz CT molecular complexity index is 698. The predicted octanol–water partition coefficient (Wildman–Crippen LogP) is 1.61. The summed E-state index contributed by atoms with van der Waals surface area (Å²) < 4.78 is 4.84. The summed E-state index contributed by atoms with van der Waals surface area (Å²) in [6.45, 7) is 3.02.